The van der Waals surface area contributed by atoms with E-state index in [9.17, 15) is 9.59 Å². The molecule has 5 heteroatoms. The van der Waals surface area contributed by atoms with Crippen molar-refractivity contribution < 1.29 is 14.3 Å². The second-order valence-corrected chi connectivity index (χ2v) is 6.24. The van der Waals surface area contributed by atoms with Crippen molar-refractivity contribution in [2.24, 2.45) is 0 Å². The number of hydrogen-bond acceptors (Lipinski definition) is 3. The summed E-state index contributed by atoms with van der Waals surface area (Å²) < 4.78 is 5.03. The van der Waals surface area contributed by atoms with Crippen molar-refractivity contribution in [2.75, 3.05) is 0 Å². The van der Waals surface area contributed by atoms with Gasteiger partial charge in [0, 0.05) is 5.56 Å². The Morgan fingerprint density at radius 1 is 1.05 bits per heavy atom. The van der Waals surface area contributed by atoms with Crippen LogP contribution in [0.1, 0.15) is 62.9 Å². The zero-order valence-electron chi connectivity index (χ0n) is 13.9. The molecule has 0 unspecified atom stereocenters. The van der Waals surface area contributed by atoms with Gasteiger partial charge in [-0.2, -0.15) is 0 Å². The lowest BCUT2D eigenvalue weighted by Crippen LogP contribution is -2.44. The number of carbonyl (C=O) groups excluding carboxylic acids is 2. The third-order valence-corrected chi connectivity index (χ3v) is 2.96. The molecule has 0 saturated heterocycles. The molecule has 0 saturated carbocycles. The molecule has 2 amide bonds. The molecule has 1 aromatic carbocycles. The normalized spacial score (nSPS) is 10.9. The number of benzene rings is 1. The maximum absolute atomic E-state index is 11.9. The predicted octanol–water partition coefficient (Wildman–Crippen LogP) is 3.59. The number of unbranched alkanes of at least 4 members (excludes halogenated alkanes) is 2. The number of hydrazine groups is 1. The monoisotopic (exact) mass is 306 g/mol. The van der Waals surface area contributed by atoms with Crippen LogP contribution in [-0.4, -0.2) is 17.6 Å². The van der Waals surface area contributed by atoms with Gasteiger partial charge in [-0.25, -0.2) is 10.2 Å². The van der Waals surface area contributed by atoms with E-state index in [2.05, 4.69) is 17.8 Å². The van der Waals surface area contributed by atoms with Crippen molar-refractivity contribution in [1.29, 1.82) is 0 Å². The predicted molar refractivity (Wildman–Crippen MR) is 86.5 cm³/mol. The second kappa shape index (κ2) is 8.41. The Morgan fingerprint density at radius 3 is 2.23 bits per heavy atom. The number of carbonyl (C=O) groups is 2. The first-order chi connectivity index (χ1) is 10.3. The van der Waals surface area contributed by atoms with E-state index < -0.39 is 11.7 Å². The molecule has 0 heterocycles. The van der Waals surface area contributed by atoms with Crippen LogP contribution in [0.25, 0.3) is 0 Å². The van der Waals surface area contributed by atoms with Gasteiger partial charge in [-0.05, 0) is 51.3 Å². The molecule has 2 N–H and O–H groups in total. The number of hydrogen-bond donors (Lipinski definition) is 2. The summed E-state index contributed by atoms with van der Waals surface area (Å²) in [5.74, 6) is -0.369. The fraction of sp³-hybridized carbons (Fsp3) is 0.529. The van der Waals surface area contributed by atoms with E-state index in [1.165, 1.54) is 18.4 Å². The lowest BCUT2D eigenvalue weighted by Gasteiger charge is -2.19. The van der Waals surface area contributed by atoms with E-state index >= 15 is 0 Å². The van der Waals surface area contributed by atoms with E-state index in [-0.39, 0.29) is 5.91 Å². The van der Waals surface area contributed by atoms with Crippen LogP contribution in [0.5, 0.6) is 0 Å². The molecule has 0 aliphatic carbocycles. The Morgan fingerprint density at radius 2 is 1.68 bits per heavy atom. The van der Waals surface area contributed by atoms with Gasteiger partial charge >= 0.3 is 6.09 Å². The van der Waals surface area contributed by atoms with Gasteiger partial charge < -0.3 is 4.74 Å². The largest absolute Gasteiger partial charge is 0.443 e. The van der Waals surface area contributed by atoms with Crippen LogP contribution in [0, 0.1) is 0 Å². The van der Waals surface area contributed by atoms with Crippen LogP contribution >= 0.6 is 0 Å². The lowest BCUT2D eigenvalue weighted by molar-refractivity contribution is 0.0483. The summed E-state index contributed by atoms with van der Waals surface area (Å²) >= 11 is 0. The lowest BCUT2D eigenvalue weighted by atomic mass is 10.1. The zero-order chi connectivity index (χ0) is 16.6. The first kappa shape index (κ1) is 18.0. The molecule has 122 valence electrons. The average molecular weight is 306 g/mol. The van der Waals surface area contributed by atoms with Crippen molar-refractivity contribution in [3.05, 3.63) is 35.4 Å². The molecular weight excluding hydrogens is 280 g/mol. The van der Waals surface area contributed by atoms with Crippen molar-refractivity contribution in [1.82, 2.24) is 10.9 Å². The van der Waals surface area contributed by atoms with Gasteiger partial charge in [0.15, 0.2) is 0 Å². The molecule has 0 spiro atoms. The van der Waals surface area contributed by atoms with Gasteiger partial charge in [0.25, 0.3) is 5.91 Å². The van der Waals surface area contributed by atoms with E-state index in [0.29, 0.717) is 5.56 Å². The van der Waals surface area contributed by atoms with Gasteiger partial charge in [-0.15, -0.1) is 0 Å². The van der Waals surface area contributed by atoms with Gasteiger partial charge in [0.2, 0.25) is 0 Å². The summed E-state index contributed by atoms with van der Waals surface area (Å²) in [7, 11) is 0. The quantitative estimate of drug-likeness (QED) is 0.645. The number of ether oxygens (including phenoxy) is 1. The van der Waals surface area contributed by atoms with E-state index in [1.807, 2.05) is 12.1 Å². The van der Waals surface area contributed by atoms with Crippen molar-refractivity contribution in [2.45, 2.75) is 59.0 Å². The van der Waals surface area contributed by atoms with Crippen LogP contribution in [0.3, 0.4) is 0 Å². The summed E-state index contributed by atoms with van der Waals surface area (Å²) in [6.45, 7) is 7.44. The summed E-state index contributed by atoms with van der Waals surface area (Å²) in [5, 5.41) is 0. The Bertz CT molecular complexity index is 490. The summed E-state index contributed by atoms with van der Waals surface area (Å²) in [4.78, 5) is 23.4. The van der Waals surface area contributed by atoms with Crippen molar-refractivity contribution in [3.8, 4) is 0 Å². The van der Waals surface area contributed by atoms with Crippen LogP contribution in [0.2, 0.25) is 0 Å². The highest BCUT2D eigenvalue weighted by molar-refractivity contribution is 5.94. The Balaban J connectivity index is 2.44. The van der Waals surface area contributed by atoms with E-state index in [1.54, 1.807) is 32.9 Å². The zero-order valence-corrected chi connectivity index (χ0v) is 13.9. The highest BCUT2D eigenvalue weighted by Gasteiger charge is 2.16. The van der Waals surface area contributed by atoms with Crippen LogP contribution in [-0.2, 0) is 11.2 Å². The molecule has 1 aromatic rings. The number of rotatable bonds is 5. The van der Waals surface area contributed by atoms with E-state index in [4.69, 9.17) is 4.74 Å². The summed E-state index contributed by atoms with van der Waals surface area (Å²) in [5.41, 5.74) is 5.67. The highest BCUT2D eigenvalue weighted by Crippen LogP contribution is 2.09. The SMILES string of the molecule is CCCCCc1ccc(C(=O)NNC(=O)OC(C)(C)C)cc1. The number of aryl methyl sites for hydroxylation is 1. The Labute approximate surface area is 132 Å². The van der Waals surface area contributed by atoms with Crippen LogP contribution in [0.15, 0.2) is 24.3 Å². The molecule has 0 atom stereocenters. The van der Waals surface area contributed by atoms with Crippen LogP contribution in [0.4, 0.5) is 4.79 Å². The third kappa shape index (κ3) is 7.11. The van der Waals surface area contributed by atoms with Gasteiger partial charge in [0.1, 0.15) is 5.60 Å². The maximum Gasteiger partial charge on any atom is 0.426 e. The maximum atomic E-state index is 11.9. The molecule has 0 aliphatic rings. The van der Waals surface area contributed by atoms with Gasteiger partial charge in [-0.1, -0.05) is 31.9 Å². The highest BCUT2D eigenvalue weighted by atomic mass is 16.6. The van der Waals surface area contributed by atoms with Crippen molar-refractivity contribution >= 4 is 12.0 Å². The topological polar surface area (TPSA) is 67.4 Å². The molecule has 22 heavy (non-hydrogen) atoms. The second-order valence-electron chi connectivity index (χ2n) is 6.24. The van der Waals surface area contributed by atoms with Crippen molar-refractivity contribution in [3.63, 3.8) is 0 Å². The first-order valence-corrected chi connectivity index (χ1v) is 7.70. The minimum absolute atomic E-state index is 0.369. The average Bonchev–Trinajstić information content (AvgIpc) is 2.44. The fourth-order valence-electron chi connectivity index (χ4n) is 1.89. The molecule has 0 bridgehead atoms. The van der Waals surface area contributed by atoms with Gasteiger partial charge in [-0.3, -0.25) is 10.2 Å². The molecule has 5 nitrogen and oxygen atoms in total. The van der Waals surface area contributed by atoms with Crippen LogP contribution < -0.4 is 10.9 Å². The standard InChI is InChI=1S/C17H26N2O3/c1-5-6-7-8-13-9-11-14(12-10-13)15(20)18-19-16(21)22-17(2,3)4/h9-12H,5-8H2,1-4H3,(H,18,20)(H,19,21). The summed E-state index contributed by atoms with van der Waals surface area (Å²) in [6.07, 6.45) is 3.89. The smallest absolute Gasteiger partial charge is 0.426 e. The fourth-order valence-corrected chi connectivity index (χ4v) is 1.89. The molecule has 0 aliphatic heterocycles. The van der Waals surface area contributed by atoms with E-state index in [0.717, 1.165) is 12.8 Å². The Hall–Kier alpha value is -2.04. The molecule has 0 radical (unpaired) electrons. The first-order valence-electron chi connectivity index (χ1n) is 7.70. The Kier molecular flexibility index (Phi) is 6.89. The minimum Gasteiger partial charge on any atom is -0.443 e. The number of amides is 2. The third-order valence-electron chi connectivity index (χ3n) is 2.96. The minimum atomic E-state index is -0.683. The molecule has 0 aromatic heterocycles. The molecule has 1 rings (SSSR count). The molecule has 0 fully saturated rings. The molecular formula is C17H26N2O3. The number of nitrogens with one attached hydrogen (secondary N) is 2. The summed E-state index contributed by atoms with van der Waals surface area (Å²) in [6, 6.07) is 7.40. The van der Waals surface area contributed by atoms with Gasteiger partial charge in [0.05, 0.1) is 0 Å².